The van der Waals surface area contributed by atoms with Crippen LogP contribution in [0.5, 0.6) is 11.5 Å². The van der Waals surface area contributed by atoms with Crippen molar-refractivity contribution in [1.29, 1.82) is 0 Å². The number of nitrogens with zero attached hydrogens (tertiary/aromatic N) is 1. The average molecular weight is 706 g/mol. The van der Waals surface area contributed by atoms with Gasteiger partial charge in [-0.3, -0.25) is 14.7 Å². The van der Waals surface area contributed by atoms with Crippen molar-refractivity contribution in [3.8, 4) is 11.5 Å². The molecule has 1 unspecified atom stereocenters. The predicted octanol–water partition coefficient (Wildman–Crippen LogP) is 1.44. The number of hydrogen-bond donors (Lipinski definition) is 7. The van der Waals surface area contributed by atoms with Crippen molar-refractivity contribution in [2.24, 2.45) is 10.9 Å². The summed E-state index contributed by atoms with van der Waals surface area (Å²) in [6.45, 7) is 2.85. The van der Waals surface area contributed by atoms with Gasteiger partial charge in [0.05, 0.1) is 12.0 Å². The van der Waals surface area contributed by atoms with Crippen LogP contribution in [0, 0.1) is 12.8 Å². The number of ether oxygens (including phenoxy) is 1. The van der Waals surface area contributed by atoms with E-state index in [2.05, 4.69) is 4.99 Å². The van der Waals surface area contributed by atoms with Gasteiger partial charge in [0.25, 0.3) is 0 Å². The van der Waals surface area contributed by atoms with E-state index in [0.29, 0.717) is 40.3 Å². The summed E-state index contributed by atoms with van der Waals surface area (Å²) in [6.07, 6.45) is 3.27. The van der Waals surface area contributed by atoms with Gasteiger partial charge in [-0.2, -0.15) is 0 Å². The zero-order valence-corrected chi connectivity index (χ0v) is 28.6. The van der Waals surface area contributed by atoms with E-state index in [0.717, 1.165) is 47.4 Å². The van der Waals surface area contributed by atoms with Gasteiger partial charge >= 0.3 is 0 Å². The molecule has 1 saturated carbocycles. The third-order valence-corrected chi connectivity index (χ3v) is 10.9. The smallest absolute Gasteiger partial charge is 0.222 e. The molecule has 4 heterocycles. The van der Waals surface area contributed by atoms with Crippen molar-refractivity contribution in [3.63, 3.8) is 0 Å². The van der Waals surface area contributed by atoms with E-state index in [9.17, 15) is 35.4 Å². The maximum atomic E-state index is 13.4. The van der Waals surface area contributed by atoms with Gasteiger partial charge in [0.15, 0.2) is 11.2 Å². The lowest BCUT2D eigenvalue weighted by Gasteiger charge is -2.45. The summed E-state index contributed by atoms with van der Waals surface area (Å²) >= 11 is 0. The molecular weight excluding hydrogens is 660 g/mol. The van der Waals surface area contributed by atoms with Crippen LogP contribution in [0.1, 0.15) is 49.5 Å². The Bertz CT molecular complexity index is 1930. The Hall–Kier alpha value is -3.92. The minimum atomic E-state index is -2.20. The molecule has 2 aromatic carbocycles. The monoisotopic (exact) mass is 705 g/mol. The number of aliphatic hydroxyl groups excluding tert-OH is 4. The van der Waals surface area contributed by atoms with Crippen molar-refractivity contribution in [3.05, 3.63) is 87.1 Å². The van der Waals surface area contributed by atoms with Gasteiger partial charge in [-0.1, -0.05) is 25.0 Å². The summed E-state index contributed by atoms with van der Waals surface area (Å²) in [5.41, 5.74) is 1.02. The van der Waals surface area contributed by atoms with Crippen LogP contribution in [0.2, 0.25) is 0 Å². The van der Waals surface area contributed by atoms with Crippen LogP contribution >= 0.6 is 0 Å². The first-order chi connectivity index (χ1) is 24.4. The van der Waals surface area contributed by atoms with Crippen LogP contribution in [-0.2, 0) is 22.6 Å². The number of phenols is 1. The molecule has 1 aromatic heterocycles. The first-order valence-electron chi connectivity index (χ1n) is 17.4. The van der Waals surface area contributed by atoms with Crippen LogP contribution in [0.15, 0.2) is 74.1 Å². The van der Waals surface area contributed by atoms with E-state index >= 15 is 0 Å². The first kappa shape index (κ1) is 35.5. The number of rotatable bonds is 12. The summed E-state index contributed by atoms with van der Waals surface area (Å²) in [5, 5.41) is 63.1. The number of aliphatic hydroxyl groups is 5. The van der Waals surface area contributed by atoms with Gasteiger partial charge in [-0.05, 0) is 56.5 Å². The maximum absolute atomic E-state index is 13.4. The quantitative estimate of drug-likeness (QED) is 0.106. The lowest BCUT2D eigenvalue weighted by molar-refractivity contribution is -0.763. The molecule has 1 aliphatic carbocycles. The van der Waals surface area contributed by atoms with Crippen molar-refractivity contribution < 1.29 is 54.5 Å². The van der Waals surface area contributed by atoms with E-state index in [1.54, 1.807) is 31.3 Å². The van der Waals surface area contributed by atoms with E-state index in [1.165, 1.54) is 18.2 Å². The van der Waals surface area contributed by atoms with Gasteiger partial charge in [-0.15, -0.1) is 0 Å². The largest absolute Gasteiger partial charge is 0.508 e. The number of aliphatic imine (C=N–C) groups is 1. The highest BCUT2D eigenvalue weighted by molar-refractivity contribution is 5.90. The minimum Gasteiger partial charge on any atom is -0.508 e. The number of hydrogen-bond acceptors (Lipinski definition) is 12. The van der Waals surface area contributed by atoms with Crippen LogP contribution in [0.3, 0.4) is 0 Å². The van der Waals surface area contributed by atoms with Gasteiger partial charge in [0.2, 0.25) is 11.3 Å². The fourth-order valence-electron chi connectivity index (χ4n) is 7.97. The lowest BCUT2D eigenvalue weighted by Crippen LogP contribution is -3.01. The lowest BCUT2D eigenvalue weighted by atomic mass is 9.78. The molecular formula is C38H45N2O11+. The predicted molar refractivity (Wildman–Crippen MR) is 185 cm³/mol. The maximum Gasteiger partial charge on any atom is 0.222 e. The standard InChI is InChI=1S/C38H44N2O11/c1-21-13-29(43)27-14-24-15-31(51-48-20-38(47,36(46)33(45)30(44)19-41)16-22-7-9-26(42)10-8-22)37(2,25-5-3-4-6-25)50-34(24)32(35(27)49-21)40-17-23-11-12-39-28(23)18-40/h7-14,18,25,30-31,33,36,41-42,44-47H,3-6,15-17,19-20H2,1-2H3/p+1/t30-,31-,33-,36+,37-,38+/m1/s1. The van der Waals surface area contributed by atoms with Gasteiger partial charge in [0.1, 0.15) is 72.2 Å². The minimum absolute atomic E-state index is 0.00204. The second-order valence-corrected chi connectivity index (χ2v) is 14.5. The third kappa shape index (κ3) is 6.64. The Morgan fingerprint density at radius 3 is 2.59 bits per heavy atom. The Morgan fingerprint density at radius 2 is 1.88 bits per heavy atom. The van der Waals surface area contributed by atoms with E-state index < -0.39 is 48.8 Å². The zero-order valence-electron chi connectivity index (χ0n) is 28.6. The number of fused-ring (bicyclic) bond motifs is 3. The summed E-state index contributed by atoms with van der Waals surface area (Å²) in [5.74, 6) is 1.18. The van der Waals surface area contributed by atoms with Crippen molar-refractivity contribution in [2.45, 2.75) is 88.0 Å². The molecule has 0 bridgehead atoms. The molecule has 7 atom stereocenters. The molecule has 3 aliphatic heterocycles. The highest BCUT2D eigenvalue weighted by Crippen LogP contribution is 2.48. The number of aryl methyl sites for hydroxylation is 1. The molecule has 51 heavy (non-hydrogen) atoms. The molecule has 0 amide bonds. The number of nitrogens with one attached hydrogen (secondary N) is 1. The van der Waals surface area contributed by atoms with Crippen molar-refractivity contribution in [2.75, 3.05) is 19.8 Å². The second-order valence-electron chi connectivity index (χ2n) is 14.5. The van der Waals surface area contributed by atoms with Gasteiger partial charge in [0, 0.05) is 42.2 Å². The Kier molecular flexibility index (Phi) is 9.67. The molecule has 0 saturated heterocycles. The number of benzene rings is 2. The molecule has 0 spiro atoms. The SMILES string of the molecule is Cc1cc(=O)c2cc3c(c([NH+]4C=C5N=CC=C5C4)c2o1)O[C@](C)(C1CCCC1)[C@H](OOC[C@@](O)(Cc1ccc(O)cc1)[C@@H](O)[C@H](O)[C@H](O)CO)C3. The Morgan fingerprint density at radius 1 is 1.14 bits per heavy atom. The second kappa shape index (κ2) is 13.9. The normalized spacial score (nSPS) is 25.9. The molecule has 1 fully saturated rings. The fraction of sp³-hybridized carbons (Fsp3) is 0.474. The van der Waals surface area contributed by atoms with E-state index in [-0.39, 0.29) is 29.9 Å². The van der Waals surface area contributed by atoms with E-state index in [4.69, 9.17) is 18.9 Å². The molecule has 0 radical (unpaired) electrons. The van der Waals surface area contributed by atoms with Gasteiger partial charge in [-0.25, -0.2) is 9.78 Å². The number of allylic oxidation sites excluding steroid dienone is 1. The number of quaternary nitrogens is 1. The van der Waals surface area contributed by atoms with Crippen LogP contribution in [0.25, 0.3) is 11.0 Å². The van der Waals surface area contributed by atoms with Crippen molar-refractivity contribution in [1.82, 2.24) is 0 Å². The topological polar surface area (TPSA) is 196 Å². The Balaban J connectivity index is 1.23. The molecule has 3 aromatic rings. The number of aromatic hydroxyl groups is 1. The highest BCUT2D eigenvalue weighted by atomic mass is 17.2. The summed E-state index contributed by atoms with van der Waals surface area (Å²) in [4.78, 5) is 30.7. The van der Waals surface area contributed by atoms with Crippen LogP contribution in [0.4, 0.5) is 5.69 Å². The molecule has 7 rings (SSSR count). The molecule has 13 heteroatoms. The van der Waals surface area contributed by atoms with Crippen LogP contribution in [-0.4, -0.2) is 92.2 Å². The van der Waals surface area contributed by atoms with Crippen LogP contribution < -0.4 is 15.1 Å². The summed E-state index contributed by atoms with van der Waals surface area (Å²) in [6, 6.07) is 9.16. The van der Waals surface area contributed by atoms with Gasteiger partial charge < -0.3 is 39.8 Å². The number of phenolic OH excluding ortho intramolecular Hbond substituents is 1. The highest BCUT2D eigenvalue weighted by Gasteiger charge is 2.52. The molecule has 4 aliphatic rings. The third-order valence-electron chi connectivity index (χ3n) is 10.9. The Labute approximate surface area is 294 Å². The molecule has 7 N–H and O–H groups in total. The molecule has 13 nitrogen and oxygen atoms in total. The average Bonchev–Trinajstić information content (AvgIpc) is 3.88. The first-order valence-corrected chi connectivity index (χ1v) is 17.4. The zero-order chi connectivity index (χ0) is 36.1. The molecule has 272 valence electrons. The van der Waals surface area contributed by atoms with Crippen molar-refractivity contribution >= 4 is 22.9 Å². The summed E-state index contributed by atoms with van der Waals surface area (Å²) in [7, 11) is 0. The summed E-state index contributed by atoms with van der Waals surface area (Å²) < 4.78 is 13.3. The van der Waals surface area contributed by atoms with E-state index in [1.807, 2.05) is 19.2 Å². The fourth-order valence-corrected chi connectivity index (χ4v) is 7.97.